The number of rotatable bonds is 4. The fourth-order valence-corrected chi connectivity index (χ4v) is 1.61. The summed E-state index contributed by atoms with van der Waals surface area (Å²) in [5.74, 6) is 0.515. The minimum atomic E-state index is -0.185. The zero-order valence-corrected chi connectivity index (χ0v) is 10.6. The van der Waals surface area contributed by atoms with E-state index >= 15 is 0 Å². The molecule has 0 aliphatic carbocycles. The van der Waals surface area contributed by atoms with Crippen molar-refractivity contribution in [1.82, 2.24) is 25.1 Å². The first-order chi connectivity index (χ1) is 8.65. The highest BCUT2D eigenvalue weighted by Crippen LogP contribution is 2.06. The van der Waals surface area contributed by atoms with Crippen molar-refractivity contribution in [2.75, 3.05) is 6.54 Å². The minimum absolute atomic E-state index is 0.185. The molecule has 18 heavy (non-hydrogen) atoms. The standard InChI is InChI=1S/C11H12ClN5O/c1-17-7-15-10(16-17)3-5-14-11(18)8-2-4-13-9(12)6-8/h2,4,6-7H,3,5H2,1H3,(H,14,18). The van der Waals surface area contributed by atoms with Crippen LogP contribution in [0, 0.1) is 0 Å². The average molecular weight is 266 g/mol. The molecule has 1 amide bonds. The quantitative estimate of drug-likeness (QED) is 0.832. The van der Waals surface area contributed by atoms with Crippen LogP contribution in [0.4, 0.5) is 0 Å². The topological polar surface area (TPSA) is 72.7 Å². The van der Waals surface area contributed by atoms with E-state index in [1.807, 2.05) is 0 Å². The maximum Gasteiger partial charge on any atom is 0.251 e. The third-order valence-corrected chi connectivity index (χ3v) is 2.48. The summed E-state index contributed by atoms with van der Waals surface area (Å²) in [4.78, 5) is 19.6. The lowest BCUT2D eigenvalue weighted by Crippen LogP contribution is -2.26. The Morgan fingerprint density at radius 2 is 2.33 bits per heavy atom. The lowest BCUT2D eigenvalue weighted by atomic mass is 10.2. The smallest absolute Gasteiger partial charge is 0.251 e. The molecule has 0 atom stereocenters. The Morgan fingerprint density at radius 1 is 1.50 bits per heavy atom. The summed E-state index contributed by atoms with van der Waals surface area (Å²) in [7, 11) is 1.80. The largest absolute Gasteiger partial charge is 0.352 e. The number of carbonyl (C=O) groups is 1. The van der Waals surface area contributed by atoms with E-state index in [1.54, 1.807) is 24.1 Å². The SMILES string of the molecule is Cn1cnc(CCNC(=O)c2ccnc(Cl)c2)n1. The molecule has 2 heterocycles. The molecule has 0 saturated heterocycles. The molecule has 2 rings (SSSR count). The van der Waals surface area contributed by atoms with Crippen LogP contribution in [0.25, 0.3) is 0 Å². The summed E-state index contributed by atoms with van der Waals surface area (Å²) >= 11 is 5.71. The van der Waals surface area contributed by atoms with Gasteiger partial charge in [-0.15, -0.1) is 0 Å². The molecule has 0 aromatic carbocycles. The lowest BCUT2D eigenvalue weighted by molar-refractivity contribution is 0.0954. The Bertz CT molecular complexity index is 554. The van der Waals surface area contributed by atoms with Gasteiger partial charge in [0.1, 0.15) is 11.5 Å². The van der Waals surface area contributed by atoms with Crippen molar-refractivity contribution in [1.29, 1.82) is 0 Å². The number of halogens is 1. The van der Waals surface area contributed by atoms with Crippen LogP contribution in [0.15, 0.2) is 24.7 Å². The van der Waals surface area contributed by atoms with Gasteiger partial charge in [0.2, 0.25) is 0 Å². The van der Waals surface area contributed by atoms with Gasteiger partial charge in [-0.2, -0.15) is 5.10 Å². The van der Waals surface area contributed by atoms with Crippen LogP contribution in [-0.2, 0) is 13.5 Å². The molecule has 0 radical (unpaired) electrons. The number of amides is 1. The molecule has 2 aromatic heterocycles. The van der Waals surface area contributed by atoms with E-state index in [1.165, 1.54) is 12.3 Å². The summed E-state index contributed by atoms with van der Waals surface area (Å²) in [5.41, 5.74) is 0.490. The van der Waals surface area contributed by atoms with Crippen LogP contribution in [-0.4, -0.2) is 32.2 Å². The Labute approximate surface area is 109 Å². The number of pyridine rings is 1. The predicted molar refractivity (Wildman–Crippen MR) is 66.3 cm³/mol. The fraction of sp³-hybridized carbons (Fsp3) is 0.273. The van der Waals surface area contributed by atoms with Gasteiger partial charge in [0.05, 0.1) is 0 Å². The fourth-order valence-electron chi connectivity index (χ4n) is 1.43. The zero-order chi connectivity index (χ0) is 13.0. The number of nitrogens with one attached hydrogen (secondary N) is 1. The van der Waals surface area contributed by atoms with Crippen LogP contribution in [0.5, 0.6) is 0 Å². The van der Waals surface area contributed by atoms with Crippen LogP contribution in [0.1, 0.15) is 16.2 Å². The van der Waals surface area contributed by atoms with Crippen molar-refractivity contribution in [3.8, 4) is 0 Å². The third kappa shape index (κ3) is 3.27. The van der Waals surface area contributed by atoms with Crippen LogP contribution >= 0.6 is 11.6 Å². The monoisotopic (exact) mass is 265 g/mol. The molecule has 7 heteroatoms. The second kappa shape index (κ2) is 5.59. The van der Waals surface area contributed by atoms with E-state index in [-0.39, 0.29) is 5.91 Å². The Hall–Kier alpha value is -1.95. The van der Waals surface area contributed by atoms with Gasteiger partial charge in [0.15, 0.2) is 5.82 Å². The minimum Gasteiger partial charge on any atom is -0.352 e. The number of hydrogen-bond donors (Lipinski definition) is 1. The van der Waals surface area contributed by atoms with Crippen molar-refractivity contribution in [3.05, 3.63) is 41.2 Å². The molecule has 0 saturated carbocycles. The molecular formula is C11H12ClN5O. The maximum absolute atomic E-state index is 11.7. The van der Waals surface area contributed by atoms with E-state index in [9.17, 15) is 4.79 Å². The molecule has 0 fully saturated rings. The van der Waals surface area contributed by atoms with Gasteiger partial charge in [0.25, 0.3) is 5.91 Å². The summed E-state index contributed by atoms with van der Waals surface area (Å²) in [6.07, 6.45) is 3.71. The number of hydrogen-bond acceptors (Lipinski definition) is 4. The van der Waals surface area contributed by atoms with Gasteiger partial charge in [-0.1, -0.05) is 11.6 Å². The molecular weight excluding hydrogens is 254 g/mol. The van der Waals surface area contributed by atoms with E-state index in [4.69, 9.17) is 11.6 Å². The predicted octanol–water partition coefficient (Wildman–Crippen LogP) is 0.836. The second-order valence-electron chi connectivity index (χ2n) is 3.71. The summed E-state index contributed by atoms with van der Waals surface area (Å²) in [6, 6.07) is 3.14. The Morgan fingerprint density at radius 3 is 3.00 bits per heavy atom. The Kier molecular flexibility index (Phi) is 3.88. The molecule has 0 spiro atoms. The van der Waals surface area contributed by atoms with Crippen molar-refractivity contribution in [2.24, 2.45) is 7.05 Å². The van der Waals surface area contributed by atoms with E-state index < -0.39 is 0 Å². The molecule has 0 bridgehead atoms. The lowest BCUT2D eigenvalue weighted by Gasteiger charge is -2.03. The highest BCUT2D eigenvalue weighted by atomic mass is 35.5. The van der Waals surface area contributed by atoms with E-state index in [0.717, 1.165) is 0 Å². The molecule has 2 aromatic rings. The van der Waals surface area contributed by atoms with E-state index in [2.05, 4.69) is 20.4 Å². The molecule has 0 aliphatic rings. The van der Waals surface area contributed by atoms with Crippen molar-refractivity contribution >= 4 is 17.5 Å². The number of carbonyl (C=O) groups excluding carboxylic acids is 1. The average Bonchev–Trinajstić information content (AvgIpc) is 2.75. The number of nitrogens with zero attached hydrogens (tertiary/aromatic N) is 4. The van der Waals surface area contributed by atoms with Crippen LogP contribution < -0.4 is 5.32 Å². The molecule has 0 unspecified atom stereocenters. The van der Waals surface area contributed by atoms with Gasteiger partial charge in [-0.3, -0.25) is 9.48 Å². The molecule has 0 aliphatic heterocycles. The molecule has 1 N–H and O–H groups in total. The number of aryl methyl sites for hydroxylation is 1. The zero-order valence-electron chi connectivity index (χ0n) is 9.80. The Balaban J connectivity index is 1.85. The molecule has 94 valence electrons. The normalized spacial score (nSPS) is 10.3. The van der Waals surface area contributed by atoms with Crippen molar-refractivity contribution in [2.45, 2.75) is 6.42 Å². The van der Waals surface area contributed by atoms with Gasteiger partial charge < -0.3 is 5.32 Å². The number of aromatic nitrogens is 4. The summed E-state index contributed by atoms with van der Waals surface area (Å²) < 4.78 is 1.62. The van der Waals surface area contributed by atoms with Crippen molar-refractivity contribution < 1.29 is 4.79 Å². The first-order valence-electron chi connectivity index (χ1n) is 5.39. The second-order valence-corrected chi connectivity index (χ2v) is 4.09. The van der Waals surface area contributed by atoms with Gasteiger partial charge in [-0.05, 0) is 12.1 Å². The third-order valence-electron chi connectivity index (χ3n) is 2.27. The van der Waals surface area contributed by atoms with Gasteiger partial charge in [-0.25, -0.2) is 9.97 Å². The van der Waals surface area contributed by atoms with Gasteiger partial charge in [0, 0.05) is 31.8 Å². The van der Waals surface area contributed by atoms with E-state index in [0.29, 0.717) is 29.5 Å². The van der Waals surface area contributed by atoms with Crippen LogP contribution in [0.2, 0.25) is 5.15 Å². The molecule has 6 nitrogen and oxygen atoms in total. The van der Waals surface area contributed by atoms with Crippen LogP contribution in [0.3, 0.4) is 0 Å². The highest BCUT2D eigenvalue weighted by Gasteiger charge is 2.06. The first-order valence-corrected chi connectivity index (χ1v) is 5.77. The summed E-state index contributed by atoms with van der Waals surface area (Å²) in [6.45, 7) is 0.475. The summed E-state index contributed by atoms with van der Waals surface area (Å²) in [5, 5.41) is 7.19. The maximum atomic E-state index is 11.7. The van der Waals surface area contributed by atoms with Crippen molar-refractivity contribution in [3.63, 3.8) is 0 Å². The highest BCUT2D eigenvalue weighted by molar-refractivity contribution is 6.29. The first kappa shape index (κ1) is 12.5. The van der Waals surface area contributed by atoms with Gasteiger partial charge >= 0.3 is 0 Å².